The van der Waals surface area contributed by atoms with Crippen molar-refractivity contribution in [1.29, 1.82) is 0 Å². The number of primary amides is 1. The number of pyridine rings is 1. The van der Waals surface area contributed by atoms with Crippen LogP contribution in [-0.4, -0.2) is 31.7 Å². The minimum absolute atomic E-state index is 0.200. The van der Waals surface area contributed by atoms with Crippen LogP contribution in [0.4, 0.5) is 17.6 Å². The Bertz CT molecular complexity index is 918. The van der Waals surface area contributed by atoms with Gasteiger partial charge in [-0.25, -0.2) is 21.6 Å². The van der Waals surface area contributed by atoms with E-state index in [1.54, 1.807) is 0 Å². The zero-order valence-electron chi connectivity index (χ0n) is 13.3. The Labute approximate surface area is 146 Å². The number of sulfone groups is 1. The van der Waals surface area contributed by atoms with E-state index in [9.17, 15) is 30.8 Å². The number of hydrogen-bond donors (Lipinski definition) is 1. The standard InChI is InChI=1S/C16H14F4N2O3S/c17-6-1-7-26(24,25)15(9-2-5-12(16(21)23)22-8-9)13-10(18)3-4-11(19)14(13)20/h2-5,8,15H,1,6-7H2,(H2,21,23). The second-order valence-electron chi connectivity index (χ2n) is 5.39. The summed E-state index contributed by atoms with van der Waals surface area (Å²) in [6, 6.07) is 3.28. The summed E-state index contributed by atoms with van der Waals surface area (Å²) < 4.78 is 79.6. The average molecular weight is 390 g/mol. The molecule has 10 heteroatoms. The molecule has 0 aliphatic carbocycles. The van der Waals surface area contributed by atoms with Crippen LogP contribution >= 0.6 is 0 Å². The Balaban J connectivity index is 2.68. The third-order valence-electron chi connectivity index (χ3n) is 3.60. The van der Waals surface area contributed by atoms with Gasteiger partial charge in [0.1, 0.15) is 16.8 Å². The molecular weight excluding hydrogens is 376 g/mol. The first-order valence-electron chi connectivity index (χ1n) is 7.35. The number of benzene rings is 1. The van der Waals surface area contributed by atoms with E-state index in [2.05, 4.69) is 4.98 Å². The number of carbonyl (C=O) groups excluding carboxylic acids is 1. The molecule has 1 heterocycles. The number of nitrogens with zero attached hydrogens (tertiary/aromatic N) is 1. The molecule has 2 N–H and O–H groups in total. The summed E-state index contributed by atoms with van der Waals surface area (Å²) in [4.78, 5) is 14.7. The predicted octanol–water partition coefficient (Wildman–Crippen LogP) is 2.46. The number of halogens is 4. The third-order valence-corrected chi connectivity index (χ3v) is 5.69. The van der Waals surface area contributed by atoms with Crippen molar-refractivity contribution in [2.24, 2.45) is 5.73 Å². The van der Waals surface area contributed by atoms with Crippen LogP contribution < -0.4 is 5.73 Å². The summed E-state index contributed by atoms with van der Waals surface area (Å²) in [5.74, 6) is -6.00. The van der Waals surface area contributed by atoms with Crippen LogP contribution in [0.25, 0.3) is 0 Å². The van der Waals surface area contributed by atoms with Gasteiger partial charge < -0.3 is 5.73 Å². The van der Waals surface area contributed by atoms with E-state index in [1.807, 2.05) is 0 Å². The molecule has 1 aromatic heterocycles. The fourth-order valence-electron chi connectivity index (χ4n) is 2.42. The summed E-state index contributed by atoms with van der Waals surface area (Å²) in [6.45, 7) is -0.959. The van der Waals surface area contributed by atoms with Gasteiger partial charge >= 0.3 is 0 Å². The molecule has 5 nitrogen and oxygen atoms in total. The smallest absolute Gasteiger partial charge is 0.267 e. The Morgan fingerprint density at radius 2 is 1.77 bits per heavy atom. The van der Waals surface area contributed by atoms with E-state index in [0.717, 1.165) is 18.3 Å². The molecule has 140 valence electrons. The van der Waals surface area contributed by atoms with Crippen LogP contribution in [0.15, 0.2) is 30.5 Å². The third kappa shape index (κ3) is 4.01. The van der Waals surface area contributed by atoms with Crippen molar-refractivity contribution in [1.82, 2.24) is 4.98 Å². The zero-order valence-corrected chi connectivity index (χ0v) is 14.1. The quantitative estimate of drug-likeness (QED) is 0.581. The van der Waals surface area contributed by atoms with Crippen LogP contribution in [0.3, 0.4) is 0 Å². The maximum absolute atomic E-state index is 14.2. The predicted molar refractivity (Wildman–Crippen MR) is 85.3 cm³/mol. The number of carbonyl (C=O) groups is 1. The highest BCUT2D eigenvalue weighted by molar-refractivity contribution is 7.91. The summed E-state index contributed by atoms with van der Waals surface area (Å²) in [7, 11) is -4.33. The SMILES string of the molecule is NC(=O)c1ccc(C(c2c(F)ccc(F)c2F)S(=O)(=O)CCCF)cn1. The van der Waals surface area contributed by atoms with Gasteiger partial charge in [0.15, 0.2) is 21.5 Å². The molecule has 1 amide bonds. The monoisotopic (exact) mass is 390 g/mol. The first-order valence-corrected chi connectivity index (χ1v) is 9.07. The van der Waals surface area contributed by atoms with Gasteiger partial charge in [-0.05, 0) is 30.2 Å². The molecule has 0 aliphatic heterocycles. The Morgan fingerprint density at radius 3 is 2.31 bits per heavy atom. The Morgan fingerprint density at radius 1 is 1.12 bits per heavy atom. The number of aromatic nitrogens is 1. The molecule has 1 atom stereocenters. The van der Waals surface area contributed by atoms with Crippen molar-refractivity contribution in [2.45, 2.75) is 11.7 Å². The summed E-state index contributed by atoms with van der Waals surface area (Å²) in [6.07, 6.45) is 0.506. The molecule has 1 unspecified atom stereocenters. The number of rotatable bonds is 7. The van der Waals surface area contributed by atoms with Crippen LogP contribution in [-0.2, 0) is 9.84 Å². The molecular formula is C16H14F4N2O3S. The topological polar surface area (TPSA) is 90.1 Å². The zero-order chi connectivity index (χ0) is 19.5. The molecule has 0 spiro atoms. The van der Waals surface area contributed by atoms with Crippen LogP contribution in [0.5, 0.6) is 0 Å². The van der Waals surface area contributed by atoms with Gasteiger partial charge in [0.2, 0.25) is 0 Å². The maximum Gasteiger partial charge on any atom is 0.267 e. The highest BCUT2D eigenvalue weighted by Gasteiger charge is 2.35. The van der Waals surface area contributed by atoms with Gasteiger partial charge in [0.25, 0.3) is 5.91 Å². The van der Waals surface area contributed by atoms with Crippen molar-refractivity contribution in [2.75, 3.05) is 12.4 Å². The second kappa shape index (κ2) is 7.81. The fraction of sp³-hybridized carbons (Fsp3) is 0.250. The minimum Gasteiger partial charge on any atom is -0.364 e. The molecule has 0 bridgehead atoms. The van der Waals surface area contributed by atoms with E-state index in [-0.39, 0.29) is 11.3 Å². The van der Waals surface area contributed by atoms with Crippen molar-refractivity contribution in [3.8, 4) is 0 Å². The fourth-order valence-corrected chi connectivity index (χ4v) is 4.29. The lowest BCUT2D eigenvalue weighted by molar-refractivity contribution is 0.0995. The van der Waals surface area contributed by atoms with E-state index in [0.29, 0.717) is 12.1 Å². The van der Waals surface area contributed by atoms with Crippen molar-refractivity contribution >= 4 is 15.7 Å². The Hall–Kier alpha value is -2.49. The van der Waals surface area contributed by atoms with E-state index in [4.69, 9.17) is 5.73 Å². The second-order valence-corrected chi connectivity index (χ2v) is 7.59. The molecule has 0 radical (unpaired) electrons. The van der Waals surface area contributed by atoms with E-state index in [1.165, 1.54) is 0 Å². The number of nitrogens with two attached hydrogens (primary N) is 1. The lowest BCUT2D eigenvalue weighted by atomic mass is 10.0. The van der Waals surface area contributed by atoms with Gasteiger partial charge in [-0.15, -0.1) is 0 Å². The number of amides is 1. The molecule has 0 saturated carbocycles. The van der Waals surface area contributed by atoms with Gasteiger partial charge in [0.05, 0.1) is 12.4 Å². The highest BCUT2D eigenvalue weighted by Crippen LogP contribution is 2.35. The molecule has 2 rings (SSSR count). The number of alkyl halides is 1. The maximum atomic E-state index is 14.2. The summed E-state index contributed by atoms with van der Waals surface area (Å²) in [5.41, 5.74) is 3.60. The highest BCUT2D eigenvalue weighted by atomic mass is 32.2. The molecule has 1 aromatic carbocycles. The lowest BCUT2D eigenvalue weighted by Crippen LogP contribution is -2.22. The minimum atomic E-state index is -4.33. The molecule has 0 aliphatic rings. The molecule has 26 heavy (non-hydrogen) atoms. The van der Waals surface area contributed by atoms with Crippen molar-refractivity contribution in [3.63, 3.8) is 0 Å². The van der Waals surface area contributed by atoms with Gasteiger partial charge in [0, 0.05) is 11.8 Å². The van der Waals surface area contributed by atoms with Gasteiger partial charge in [-0.3, -0.25) is 14.2 Å². The normalized spacial score (nSPS) is 12.8. The number of hydrogen-bond acceptors (Lipinski definition) is 4. The lowest BCUT2D eigenvalue weighted by Gasteiger charge is -2.20. The van der Waals surface area contributed by atoms with Crippen LogP contribution in [0, 0.1) is 17.5 Å². The van der Waals surface area contributed by atoms with Crippen LogP contribution in [0.1, 0.15) is 33.3 Å². The molecule has 0 fully saturated rings. The van der Waals surface area contributed by atoms with E-state index < -0.39 is 62.9 Å². The average Bonchev–Trinajstić information content (AvgIpc) is 2.60. The largest absolute Gasteiger partial charge is 0.364 e. The Kier molecular flexibility index (Phi) is 5.96. The molecule has 0 saturated heterocycles. The summed E-state index contributed by atoms with van der Waals surface area (Å²) >= 11 is 0. The van der Waals surface area contributed by atoms with Crippen LogP contribution in [0.2, 0.25) is 0 Å². The van der Waals surface area contributed by atoms with E-state index >= 15 is 0 Å². The first-order chi connectivity index (χ1) is 12.2. The van der Waals surface area contributed by atoms with Crippen molar-refractivity contribution < 1.29 is 30.8 Å². The van der Waals surface area contributed by atoms with Gasteiger partial charge in [-0.2, -0.15) is 0 Å². The summed E-state index contributed by atoms with van der Waals surface area (Å²) in [5, 5.41) is -1.96. The van der Waals surface area contributed by atoms with Crippen molar-refractivity contribution in [3.05, 3.63) is 64.7 Å². The van der Waals surface area contributed by atoms with Gasteiger partial charge in [-0.1, -0.05) is 6.07 Å². The first kappa shape index (κ1) is 19.8. The molecule has 2 aromatic rings.